The average Bonchev–Trinajstić information content (AvgIpc) is 2.61. The Morgan fingerprint density at radius 1 is 1.12 bits per heavy atom. The summed E-state index contributed by atoms with van der Waals surface area (Å²) in [5, 5.41) is 13.7. The molecule has 2 aromatic rings. The lowest BCUT2D eigenvalue weighted by atomic mass is 10.1. The molecule has 0 spiro atoms. The van der Waals surface area contributed by atoms with Gasteiger partial charge in [0.25, 0.3) is 5.91 Å². The number of carbonyl (C=O) groups excluding carboxylic acids is 1. The molecule has 0 aromatic heterocycles. The first kappa shape index (κ1) is 19.2. The number of alkyl halides is 3. The molecule has 0 bridgehead atoms. The number of carboxylic acids is 1. The molecule has 5 nitrogen and oxygen atoms in total. The van der Waals surface area contributed by atoms with Gasteiger partial charge in [0.2, 0.25) is 0 Å². The molecule has 0 fully saturated rings. The predicted molar refractivity (Wildman–Crippen MR) is 89.1 cm³/mol. The van der Waals surface area contributed by atoms with E-state index in [2.05, 4.69) is 5.10 Å². The van der Waals surface area contributed by atoms with Gasteiger partial charge in [0, 0.05) is 6.54 Å². The van der Waals surface area contributed by atoms with Crippen molar-refractivity contribution in [2.45, 2.75) is 13.1 Å². The third kappa shape index (κ3) is 4.47. The zero-order valence-corrected chi connectivity index (χ0v) is 13.7. The van der Waals surface area contributed by atoms with E-state index in [1.165, 1.54) is 42.6 Å². The highest BCUT2D eigenvalue weighted by Gasteiger charge is 2.35. The monoisotopic (exact) mass is 364 g/mol. The second-order valence-electron chi connectivity index (χ2n) is 5.24. The van der Waals surface area contributed by atoms with Gasteiger partial charge in [-0.3, -0.25) is 4.79 Å². The normalized spacial score (nSPS) is 11.5. The summed E-state index contributed by atoms with van der Waals surface area (Å²) >= 11 is 0. The molecule has 8 heteroatoms. The largest absolute Gasteiger partial charge is 0.478 e. The van der Waals surface area contributed by atoms with Gasteiger partial charge in [-0.15, -0.1) is 0 Å². The lowest BCUT2D eigenvalue weighted by molar-refractivity contribution is -0.138. The smallest absolute Gasteiger partial charge is 0.417 e. The third-order valence-corrected chi connectivity index (χ3v) is 3.50. The van der Waals surface area contributed by atoms with Crippen molar-refractivity contribution >= 4 is 18.1 Å². The van der Waals surface area contributed by atoms with Crippen LogP contribution >= 0.6 is 0 Å². The third-order valence-electron chi connectivity index (χ3n) is 3.50. The second kappa shape index (κ2) is 7.81. The standard InChI is InChI=1S/C18H15F3N2O3/c1-2-23(22-11-12-7-9-13(10-8-12)17(25)26)16(24)14-5-3-4-6-15(14)18(19,20)21/h3-11H,2H2,1H3,(H,25,26). The van der Waals surface area contributed by atoms with Gasteiger partial charge in [-0.1, -0.05) is 24.3 Å². The maximum Gasteiger partial charge on any atom is 0.417 e. The molecule has 0 aliphatic heterocycles. The zero-order valence-electron chi connectivity index (χ0n) is 13.7. The zero-order chi connectivity index (χ0) is 19.3. The summed E-state index contributed by atoms with van der Waals surface area (Å²) in [7, 11) is 0. The highest BCUT2D eigenvalue weighted by molar-refractivity contribution is 5.96. The Kier molecular flexibility index (Phi) is 5.76. The summed E-state index contributed by atoms with van der Waals surface area (Å²) < 4.78 is 39.2. The quantitative estimate of drug-likeness (QED) is 0.646. The number of amides is 1. The molecule has 0 radical (unpaired) electrons. The summed E-state index contributed by atoms with van der Waals surface area (Å²) in [5.41, 5.74) is -0.917. The second-order valence-corrected chi connectivity index (χ2v) is 5.24. The van der Waals surface area contributed by atoms with E-state index in [4.69, 9.17) is 5.11 Å². The lowest BCUT2D eigenvalue weighted by Gasteiger charge is -2.18. The lowest BCUT2D eigenvalue weighted by Crippen LogP contribution is -2.28. The molecule has 1 N–H and O–H groups in total. The molecule has 0 aliphatic rings. The molecule has 1 amide bonds. The minimum Gasteiger partial charge on any atom is -0.478 e. The van der Waals surface area contributed by atoms with Crippen molar-refractivity contribution in [2.75, 3.05) is 6.54 Å². The van der Waals surface area contributed by atoms with E-state index in [1.807, 2.05) is 0 Å². The van der Waals surface area contributed by atoms with E-state index >= 15 is 0 Å². The highest BCUT2D eigenvalue weighted by atomic mass is 19.4. The average molecular weight is 364 g/mol. The van der Waals surface area contributed by atoms with Crippen LogP contribution in [-0.4, -0.2) is 34.8 Å². The van der Waals surface area contributed by atoms with E-state index in [1.54, 1.807) is 6.92 Å². The number of halogens is 3. The fourth-order valence-electron chi connectivity index (χ4n) is 2.18. The maximum absolute atomic E-state index is 13.1. The van der Waals surface area contributed by atoms with Crippen LogP contribution in [0.3, 0.4) is 0 Å². The van der Waals surface area contributed by atoms with Gasteiger partial charge in [0.05, 0.1) is 22.9 Å². The van der Waals surface area contributed by atoms with Crippen LogP contribution < -0.4 is 0 Å². The molecule has 2 rings (SSSR count). The number of aromatic carboxylic acids is 1. The van der Waals surface area contributed by atoms with Gasteiger partial charge < -0.3 is 5.11 Å². The molecule has 26 heavy (non-hydrogen) atoms. The maximum atomic E-state index is 13.1. The number of hydrazone groups is 1. The first-order valence-electron chi connectivity index (χ1n) is 7.59. The molecular formula is C18H15F3N2O3. The summed E-state index contributed by atoms with van der Waals surface area (Å²) in [5.74, 6) is -1.96. The molecule has 0 heterocycles. The molecule has 0 saturated carbocycles. The summed E-state index contributed by atoms with van der Waals surface area (Å²) in [6.45, 7) is 1.65. The van der Waals surface area contributed by atoms with Gasteiger partial charge >= 0.3 is 12.1 Å². The van der Waals surface area contributed by atoms with Crippen molar-refractivity contribution in [2.24, 2.45) is 5.10 Å². The molecule has 2 aromatic carbocycles. The minimum atomic E-state index is -4.65. The van der Waals surface area contributed by atoms with Crippen LogP contribution in [0.2, 0.25) is 0 Å². The number of hydrogen-bond donors (Lipinski definition) is 1. The number of nitrogens with zero attached hydrogens (tertiary/aromatic N) is 2. The number of carboxylic acid groups (broad SMARTS) is 1. The van der Waals surface area contributed by atoms with Crippen molar-refractivity contribution in [3.63, 3.8) is 0 Å². The number of carbonyl (C=O) groups is 2. The van der Waals surface area contributed by atoms with Crippen LogP contribution in [0, 0.1) is 0 Å². The van der Waals surface area contributed by atoms with Gasteiger partial charge in [0.15, 0.2) is 0 Å². The van der Waals surface area contributed by atoms with Gasteiger partial charge in [0.1, 0.15) is 0 Å². The van der Waals surface area contributed by atoms with E-state index in [9.17, 15) is 22.8 Å². The Hall–Kier alpha value is -3.16. The van der Waals surface area contributed by atoms with Crippen LogP contribution in [0.25, 0.3) is 0 Å². The number of rotatable bonds is 5. The van der Waals surface area contributed by atoms with Crippen molar-refractivity contribution in [3.8, 4) is 0 Å². The fraction of sp³-hybridized carbons (Fsp3) is 0.167. The van der Waals surface area contributed by atoms with Crippen LogP contribution in [0.15, 0.2) is 53.6 Å². The summed E-state index contributed by atoms with van der Waals surface area (Å²) in [4.78, 5) is 23.2. The number of hydrogen-bond acceptors (Lipinski definition) is 3. The van der Waals surface area contributed by atoms with E-state index < -0.39 is 29.2 Å². The van der Waals surface area contributed by atoms with Crippen molar-refractivity contribution < 1.29 is 27.9 Å². The van der Waals surface area contributed by atoms with Gasteiger partial charge in [-0.25, -0.2) is 9.80 Å². The Labute approximate surface area is 147 Å². The van der Waals surface area contributed by atoms with E-state index in [0.717, 1.165) is 17.1 Å². The fourth-order valence-corrected chi connectivity index (χ4v) is 2.18. The van der Waals surface area contributed by atoms with Crippen molar-refractivity contribution in [1.82, 2.24) is 5.01 Å². The molecular weight excluding hydrogens is 349 g/mol. The number of benzene rings is 2. The SMILES string of the molecule is CCN(N=Cc1ccc(C(=O)O)cc1)C(=O)c1ccccc1C(F)(F)F. The molecule has 0 unspecified atom stereocenters. The van der Waals surface area contributed by atoms with Crippen molar-refractivity contribution in [1.29, 1.82) is 0 Å². The minimum absolute atomic E-state index is 0.0642. The molecule has 136 valence electrons. The van der Waals surface area contributed by atoms with E-state index in [0.29, 0.717) is 5.56 Å². The van der Waals surface area contributed by atoms with Crippen LogP contribution in [0.5, 0.6) is 0 Å². The Balaban J connectivity index is 2.26. The highest BCUT2D eigenvalue weighted by Crippen LogP contribution is 2.32. The molecule has 0 atom stereocenters. The molecule has 0 saturated heterocycles. The summed E-state index contributed by atoms with van der Waals surface area (Å²) in [6, 6.07) is 10.2. The Morgan fingerprint density at radius 2 is 1.73 bits per heavy atom. The predicted octanol–water partition coefficient (Wildman–Crippen LogP) is 3.90. The van der Waals surface area contributed by atoms with Crippen LogP contribution in [0.4, 0.5) is 13.2 Å². The van der Waals surface area contributed by atoms with Gasteiger partial charge in [-0.2, -0.15) is 18.3 Å². The summed E-state index contributed by atoms with van der Waals surface area (Å²) in [6.07, 6.45) is -3.37. The first-order chi connectivity index (χ1) is 12.2. The Bertz CT molecular complexity index is 830. The first-order valence-corrected chi connectivity index (χ1v) is 7.59. The van der Waals surface area contributed by atoms with Crippen LogP contribution in [-0.2, 0) is 6.18 Å². The van der Waals surface area contributed by atoms with E-state index in [-0.39, 0.29) is 12.1 Å². The van der Waals surface area contributed by atoms with Gasteiger partial charge in [-0.05, 0) is 36.8 Å². The van der Waals surface area contributed by atoms with Crippen LogP contribution in [0.1, 0.15) is 38.8 Å². The van der Waals surface area contributed by atoms with Crippen molar-refractivity contribution in [3.05, 3.63) is 70.8 Å². The topological polar surface area (TPSA) is 70.0 Å². The Morgan fingerprint density at radius 3 is 2.27 bits per heavy atom. The molecule has 0 aliphatic carbocycles.